The molecule has 1 aromatic rings. The lowest BCUT2D eigenvalue weighted by molar-refractivity contribution is 0.0821. The summed E-state index contributed by atoms with van der Waals surface area (Å²) < 4.78 is 5.67. The Balaban J connectivity index is 2.08. The van der Waals surface area contributed by atoms with E-state index in [4.69, 9.17) is 10.5 Å². The third-order valence-electron chi connectivity index (χ3n) is 3.58. The Labute approximate surface area is 110 Å². The number of ether oxygens (including phenoxy) is 1. The zero-order valence-corrected chi connectivity index (χ0v) is 11.4. The summed E-state index contributed by atoms with van der Waals surface area (Å²) in [6, 6.07) is 8.83. The molecule has 18 heavy (non-hydrogen) atoms. The van der Waals surface area contributed by atoms with Crippen molar-refractivity contribution in [3.8, 4) is 0 Å². The number of anilines is 1. The van der Waals surface area contributed by atoms with Gasteiger partial charge in [0.15, 0.2) is 0 Å². The molecule has 1 saturated heterocycles. The highest BCUT2D eigenvalue weighted by atomic mass is 16.5. The van der Waals surface area contributed by atoms with Crippen molar-refractivity contribution >= 4 is 5.69 Å². The molecule has 2 N–H and O–H groups in total. The molecule has 0 aliphatic carbocycles. The van der Waals surface area contributed by atoms with E-state index in [1.54, 1.807) is 0 Å². The van der Waals surface area contributed by atoms with Gasteiger partial charge in [-0.1, -0.05) is 19.1 Å². The molecule has 1 aliphatic heterocycles. The van der Waals surface area contributed by atoms with Crippen LogP contribution in [0.3, 0.4) is 0 Å². The summed E-state index contributed by atoms with van der Waals surface area (Å²) in [4.78, 5) is 2.40. The first kappa shape index (κ1) is 13.4. The molecular weight excluding hydrogens is 224 g/mol. The third kappa shape index (κ3) is 3.24. The van der Waals surface area contributed by atoms with Crippen LogP contribution in [0.25, 0.3) is 0 Å². The van der Waals surface area contributed by atoms with Gasteiger partial charge >= 0.3 is 0 Å². The molecule has 0 aromatic heterocycles. The molecule has 1 aromatic carbocycles. The van der Waals surface area contributed by atoms with Crippen LogP contribution in [0.5, 0.6) is 0 Å². The average Bonchev–Trinajstić information content (AvgIpc) is 2.63. The van der Waals surface area contributed by atoms with Crippen molar-refractivity contribution in [2.24, 2.45) is 5.73 Å². The zero-order chi connectivity index (χ0) is 13.0. The third-order valence-corrected chi connectivity index (χ3v) is 3.58. The largest absolute Gasteiger partial charge is 0.377 e. The van der Waals surface area contributed by atoms with Crippen molar-refractivity contribution < 1.29 is 4.74 Å². The van der Waals surface area contributed by atoms with Gasteiger partial charge in [-0.05, 0) is 37.5 Å². The summed E-state index contributed by atoms with van der Waals surface area (Å²) in [5.41, 5.74) is 8.54. The van der Waals surface area contributed by atoms with Crippen molar-refractivity contribution in [1.82, 2.24) is 0 Å². The molecule has 100 valence electrons. The fourth-order valence-corrected chi connectivity index (χ4v) is 2.40. The summed E-state index contributed by atoms with van der Waals surface area (Å²) >= 11 is 0. The predicted octanol–water partition coefficient (Wildman–Crippen LogP) is 2.71. The minimum Gasteiger partial charge on any atom is -0.377 e. The summed E-state index contributed by atoms with van der Waals surface area (Å²) in [6.07, 6.45) is 2.39. The van der Waals surface area contributed by atoms with Gasteiger partial charge < -0.3 is 15.4 Å². The number of benzene rings is 1. The normalized spacial score (nSPS) is 22.6. The summed E-state index contributed by atoms with van der Waals surface area (Å²) in [6.45, 7) is 7.17. The maximum absolute atomic E-state index is 6.04. The zero-order valence-electron chi connectivity index (χ0n) is 11.4. The van der Waals surface area contributed by atoms with Crippen LogP contribution in [0.2, 0.25) is 0 Å². The molecule has 3 nitrogen and oxygen atoms in total. The van der Waals surface area contributed by atoms with Gasteiger partial charge in [-0.2, -0.15) is 0 Å². The van der Waals surface area contributed by atoms with Gasteiger partial charge in [0, 0.05) is 31.4 Å². The first-order valence-corrected chi connectivity index (χ1v) is 6.92. The Morgan fingerprint density at radius 3 is 2.78 bits per heavy atom. The molecular formula is C15H24N2O. The molecule has 0 bridgehead atoms. The molecule has 0 amide bonds. The highest BCUT2D eigenvalue weighted by Gasteiger charge is 2.15. The van der Waals surface area contributed by atoms with E-state index in [0.29, 0.717) is 6.10 Å². The Morgan fingerprint density at radius 2 is 2.11 bits per heavy atom. The van der Waals surface area contributed by atoms with Gasteiger partial charge in [0.25, 0.3) is 0 Å². The van der Waals surface area contributed by atoms with Crippen LogP contribution in [-0.2, 0) is 4.74 Å². The van der Waals surface area contributed by atoms with E-state index in [1.165, 1.54) is 11.3 Å². The van der Waals surface area contributed by atoms with Crippen molar-refractivity contribution in [2.45, 2.75) is 38.8 Å². The maximum atomic E-state index is 6.04. The van der Waals surface area contributed by atoms with Crippen molar-refractivity contribution in [1.29, 1.82) is 0 Å². The minimum atomic E-state index is 0.158. The van der Waals surface area contributed by atoms with Crippen molar-refractivity contribution in [2.75, 3.05) is 24.6 Å². The second-order valence-electron chi connectivity index (χ2n) is 5.09. The molecule has 0 saturated carbocycles. The smallest absolute Gasteiger partial charge is 0.0721 e. The van der Waals surface area contributed by atoms with Gasteiger partial charge in [-0.15, -0.1) is 0 Å². The van der Waals surface area contributed by atoms with Crippen LogP contribution in [0.15, 0.2) is 24.3 Å². The van der Waals surface area contributed by atoms with Crippen LogP contribution in [0.4, 0.5) is 5.69 Å². The van der Waals surface area contributed by atoms with Gasteiger partial charge in [-0.25, -0.2) is 0 Å². The summed E-state index contributed by atoms with van der Waals surface area (Å²) in [7, 11) is 0. The number of rotatable bonds is 3. The van der Waals surface area contributed by atoms with Crippen LogP contribution in [0, 0.1) is 0 Å². The predicted molar refractivity (Wildman–Crippen MR) is 75.9 cm³/mol. The second-order valence-corrected chi connectivity index (χ2v) is 5.09. The topological polar surface area (TPSA) is 38.5 Å². The molecule has 1 unspecified atom stereocenters. The van der Waals surface area contributed by atoms with Gasteiger partial charge in [-0.3, -0.25) is 0 Å². The molecule has 1 heterocycles. The number of hydrogen-bond acceptors (Lipinski definition) is 3. The molecule has 1 aliphatic rings. The Hall–Kier alpha value is -1.06. The van der Waals surface area contributed by atoms with Gasteiger partial charge in [0.05, 0.1) is 6.10 Å². The quantitative estimate of drug-likeness (QED) is 0.894. The minimum absolute atomic E-state index is 0.158. The lowest BCUT2D eigenvalue weighted by Crippen LogP contribution is -2.30. The van der Waals surface area contributed by atoms with Crippen molar-refractivity contribution in [3.05, 3.63) is 29.8 Å². The van der Waals surface area contributed by atoms with Crippen LogP contribution in [-0.4, -0.2) is 25.8 Å². The van der Waals surface area contributed by atoms with E-state index < -0.39 is 0 Å². The van der Waals surface area contributed by atoms with Gasteiger partial charge in [0.1, 0.15) is 0 Å². The molecule has 2 rings (SSSR count). The molecule has 3 heteroatoms. The number of nitrogens with zero attached hydrogens (tertiary/aromatic N) is 1. The van der Waals surface area contributed by atoms with E-state index in [0.717, 1.165) is 32.5 Å². The monoisotopic (exact) mass is 248 g/mol. The summed E-state index contributed by atoms with van der Waals surface area (Å²) in [5.74, 6) is 0. The number of nitrogens with two attached hydrogens (primary N) is 1. The van der Waals surface area contributed by atoms with E-state index in [2.05, 4.69) is 43.0 Å². The molecule has 0 spiro atoms. The maximum Gasteiger partial charge on any atom is 0.0721 e. The lowest BCUT2D eigenvalue weighted by Gasteiger charge is -2.24. The highest BCUT2D eigenvalue weighted by Crippen LogP contribution is 2.21. The SMILES string of the molecule is CC[C@@H](N)c1ccc(N2CCCOC(C)C2)cc1. The highest BCUT2D eigenvalue weighted by molar-refractivity contribution is 5.48. The number of hydrogen-bond donors (Lipinski definition) is 1. The summed E-state index contributed by atoms with van der Waals surface area (Å²) in [5, 5.41) is 0. The Bertz CT molecular complexity index is 363. The Kier molecular flexibility index (Phi) is 4.61. The van der Waals surface area contributed by atoms with E-state index in [-0.39, 0.29) is 6.04 Å². The van der Waals surface area contributed by atoms with E-state index in [9.17, 15) is 0 Å². The fraction of sp³-hybridized carbons (Fsp3) is 0.600. The van der Waals surface area contributed by atoms with E-state index >= 15 is 0 Å². The van der Waals surface area contributed by atoms with Gasteiger partial charge in [0.2, 0.25) is 0 Å². The molecule has 0 radical (unpaired) electrons. The first-order chi connectivity index (χ1) is 8.70. The molecule has 2 atom stereocenters. The van der Waals surface area contributed by atoms with Crippen LogP contribution in [0.1, 0.15) is 38.3 Å². The lowest BCUT2D eigenvalue weighted by atomic mass is 10.0. The second kappa shape index (κ2) is 6.21. The standard InChI is InChI=1S/C15H24N2O/c1-3-15(16)13-5-7-14(8-6-13)17-9-4-10-18-12(2)11-17/h5-8,12,15H,3-4,9-11,16H2,1-2H3/t12?,15-/m1/s1. The average molecular weight is 248 g/mol. The Morgan fingerprint density at radius 1 is 1.39 bits per heavy atom. The van der Waals surface area contributed by atoms with Crippen molar-refractivity contribution in [3.63, 3.8) is 0 Å². The fourth-order valence-electron chi connectivity index (χ4n) is 2.40. The van der Waals surface area contributed by atoms with Crippen LogP contribution < -0.4 is 10.6 Å². The molecule has 1 fully saturated rings. The van der Waals surface area contributed by atoms with E-state index in [1.807, 2.05) is 0 Å². The first-order valence-electron chi connectivity index (χ1n) is 6.92. The van der Waals surface area contributed by atoms with Crippen LogP contribution >= 0.6 is 0 Å².